The molecule has 3 aromatic rings. The lowest BCUT2D eigenvalue weighted by atomic mass is 10.1. The van der Waals surface area contributed by atoms with Crippen LogP contribution < -0.4 is 0 Å². The fourth-order valence-electron chi connectivity index (χ4n) is 3.60. The Hall–Kier alpha value is -2.56. The van der Waals surface area contributed by atoms with Crippen LogP contribution in [-0.2, 0) is 6.54 Å². The summed E-state index contributed by atoms with van der Waals surface area (Å²) in [6, 6.07) is 17.4. The highest BCUT2D eigenvalue weighted by Gasteiger charge is 2.17. The van der Waals surface area contributed by atoms with Crippen molar-refractivity contribution in [2.24, 2.45) is 0 Å². The summed E-state index contributed by atoms with van der Waals surface area (Å²) in [5.41, 5.74) is 3.13. The van der Waals surface area contributed by atoms with Gasteiger partial charge in [-0.1, -0.05) is 48.6 Å². The van der Waals surface area contributed by atoms with Gasteiger partial charge in [-0.3, -0.25) is 14.8 Å². The molecule has 4 rings (SSSR count). The zero-order chi connectivity index (χ0) is 18.5. The van der Waals surface area contributed by atoms with E-state index >= 15 is 0 Å². The third kappa shape index (κ3) is 4.41. The van der Waals surface area contributed by atoms with E-state index in [1.54, 1.807) is 24.4 Å². The summed E-state index contributed by atoms with van der Waals surface area (Å²) >= 11 is 0. The van der Waals surface area contributed by atoms with E-state index in [9.17, 15) is 4.39 Å². The van der Waals surface area contributed by atoms with Crippen molar-refractivity contribution in [1.29, 1.82) is 0 Å². The summed E-state index contributed by atoms with van der Waals surface area (Å²) in [5.74, 6) is -0.197. The Balaban J connectivity index is 1.32. The molecule has 1 saturated heterocycles. The van der Waals surface area contributed by atoms with Crippen LogP contribution in [0, 0.1) is 5.82 Å². The molecule has 0 saturated carbocycles. The predicted octanol–water partition coefficient (Wildman–Crippen LogP) is 4.20. The van der Waals surface area contributed by atoms with Crippen molar-refractivity contribution in [3.63, 3.8) is 0 Å². The van der Waals surface area contributed by atoms with Crippen LogP contribution >= 0.6 is 0 Å². The van der Waals surface area contributed by atoms with Crippen molar-refractivity contribution in [1.82, 2.24) is 14.8 Å². The Morgan fingerprint density at radius 2 is 1.67 bits per heavy atom. The lowest BCUT2D eigenvalue weighted by Gasteiger charge is -2.34. The van der Waals surface area contributed by atoms with Crippen molar-refractivity contribution in [2.75, 3.05) is 32.7 Å². The Morgan fingerprint density at radius 3 is 2.48 bits per heavy atom. The van der Waals surface area contributed by atoms with Gasteiger partial charge in [0.05, 0.1) is 5.52 Å². The van der Waals surface area contributed by atoms with Gasteiger partial charge in [0.2, 0.25) is 0 Å². The maximum Gasteiger partial charge on any atom is 0.132 e. The zero-order valence-corrected chi connectivity index (χ0v) is 15.4. The largest absolute Gasteiger partial charge is 0.297 e. The second-order valence-corrected chi connectivity index (χ2v) is 7.00. The number of fused-ring (bicyclic) bond motifs is 1. The Bertz CT molecular complexity index is 915. The van der Waals surface area contributed by atoms with Gasteiger partial charge >= 0.3 is 0 Å². The molecule has 1 aromatic heterocycles. The number of halogens is 1. The first-order chi connectivity index (χ1) is 13.3. The lowest BCUT2D eigenvalue weighted by Crippen LogP contribution is -2.45. The van der Waals surface area contributed by atoms with Crippen LogP contribution in [0.5, 0.6) is 0 Å². The number of hydrogen-bond acceptors (Lipinski definition) is 3. The van der Waals surface area contributed by atoms with Gasteiger partial charge in [0.25, 0.3) is 0 Å². The minimum Gasteiger partial charge on any atom is -0.297 e. The maximum absolute atomic E-state index is 14.0. The molecule has 0 aliphatic carbocycles. The number of aromatic nitrogens is 1. The molecule has 1 aliphatic rings. The molecule has 0 unspecified atom stereocenters. The molecule has 4 heteroatoms. The van der Waals surface area contributed by atoms with Gasteiger partial charge in [-0.15, -0.1) is 0 Å². The summed E-state index contributed by atoms with van der Waals surface area (Å²) < 4.78 is 14.0. The number of benzene rings is 2. The van der Waals surface area contributed by atoms with Crippen LogP contribution in [0.4, 0.5) is 4.39 Å². The van der Waals surface area contributed by atoms with Gasteiger partial charge in [-0.05, 0) is 29.3 Å². The number of hydrogen-bond donors (Lipinski definition) is 0. The molecule has 1 aliphatic heterocycles. The predicted molar refractivity (Wildman–Crippen MR) is 109 cm³/mol. The second kappa shape index (κ2) is 8.42. The van der Waals surface area contributed by atoms with Crippen molar-refractivity contribution in [3.05, 3.63) is 83.8 Å². The smallest absolute Gasteiger partial charge is 0.132 e. The third-order valence-corrected chi connectivity index (χ3v) is 5.13. The number of rotatable bonds is 5. The first kappa shape index (κ1) is 17.8. The standard InChI is InChI=1S/C23H24FN3/c24-22-11-10-20(23-21(22)9-4-12-25-23)18-27-16-14-26(15-17-27)13-5-8-19-6-2-1-3-7-19/h1-12H,13-18H2/b8-5-. The van der Waals surface area contributed by atoms with Gasteiger partial charge in [0.15, 0.2) is 0 Å². The van der Waals surface area contributed by atoms with Crippen LogP contribution in [0.25, 0.3) is 17.0 Å². The van der Waals surface area contributed by atoms with E-state index in [2.05, 4.69) is 51.2 Å². The van der Waals surface area contributed by atoms with E-state index in [4.69, 9.17) is 0 Å². The fourth-order valence-corrected chi connectivity index (χ4v) is 3.60. The topological polar surface area (TPSA) is 19.4 Å². The van der Waals surface area contributed by atoms with E-state index in [1.807, 2.05) is 12.1 Å². The highest BCUT2D eigenvalue weighted by atomic mass is 19.1. The van der Waals surface area contributed by atoms with Crippen molar-refractivity contribution in [2.45, 2.75) is 6.54 Å². The molecule has 2 heterocycles. The fraction of sp³-hybridized carbons (Fsp3) is 0.261. The molecule has 0 radical (unpaired) electrons. The van der Waals surface area contributed by atoms with E-state index in [0.717, 1.165) is 50.3 Å². The van der Waals surface area contributed by atoms with Crippen molar-refractivity contribution in [3.8, 4) is 0 Å². The SMILES string of the molecule is Fc1ccc(CN2CCN(C/C=C\c3ccccc3)CC2)c2ncccc12. The Labute approximate surface area is 159 Å². The van der Waals surface area contributed by atoms with Gasteiger partial charge in [0.1, 0.15) is 5.82 Å². The van der Waals surface area contributed by atoms with E-state index in [0.29, 0.717) is 5.39 Å². The number of nitrogens with zero attached hydrogens (tertiary/aromatic N) is 3. The molecule has 27 heavy (non-hydrogen) atoms. The van der Waals surface area contributed by atoms with E-state index < -0.39 is 0 Å². The highest BCUT2D eigenvalue weighted by molar-refractivity contribution is 5.82. The van der Waals surface area contributed by atoms with Gasteiger partial charge in [0, 0.05) is 50.9 Å². The molecule has 138 valence electrons. The zero-order valence-electron chi connectivity index (χ0n) is 15.4. The van der Waals surface area contributed by atoms with Crippen LogP contribution in [0.15, 0.2) is 66.9 Å². The molecule has 1 fully saturated rings. The summed E-state index contributed by atoms with van der Waals surface area (Å²) in [5, 5.41) is 0.611. The molecule has 0 atom stereocenters. The third-order valence-electron chi connectivity index (χ3n) is 5.13. The first-order valence-corrected chi connectivity index (χ1v) is 9.48. The average molecular weight is 361 g/mol. The van der Waals surface area contributed by atoms with Crippen molar-refractivity contribution >= 4 is 17.0 Å². The monoisotopic (exact) mass is 361 g/mol. The maximum atomic E-state index is 14.0. The minimum absolute atomic E-state index is 0.197. The number of pyridine rings is 1. The van der Waals surface area contributed by atoms with Crippen LogP contribution in [0.2, 0.25) is 0 Å². The van der Waals surface area contributed by atoms with Crippen LogP contribution in [0.1, 0.15) is 11.1 Å². The molecule has 3 nitrogen and oxygen atoms in total. The van der Waals surface area contributed by atoms with Gasteiger partial charge < -0.3 is 0 Å². The summed E-state index contributed by atoms with van der Waals surface area (Å²) in [7, 11) is 0. The summed E-state index contributed by atoms with van der Waals surface area (Å²) in [6.07, 6.45) is 6.16. The number of piperazine rings is 1. The molecular formula is C23H24FN3. The Kier molecular flexibility index (Phi) is 5.56. The first-order valence-electron chi connectivity index (χ1n) is 9.48. The van der Waals surface area contributed by atoms with E-state index in [-0.39, 0.29) is 5.82 Å². The van der Waals surface area contributed by atoms with Crippen LogP contribution in [-0.4, -0.2) is 47.5 Å². The highest BCUT2D eigenvalue weighted by Crippen LogP contribution is 2.21. The normalized spacial score (nSPS) is 16.3. The molecule has 0 spiro atoms. The second-order valence-electron chi connectivity index (χ2n) is 7.00. The molecular weight excluding hydrogens is 337 g/mol. The summed E-state index contributed by atoms with van der Waals surface area (Å²) in [6.45, 7) is 5.93. The molecule has 0 N–H and O–H groups in total. The van der Waals surface area contributed by atoms with Gasteiger partial charge in [-0.25, -0.2) is 4.39 Å². The average Bonchev–Trinajstić information content (AvgIpc) is 2.72. The summed E-state index contributed by atoms with van der Waals surface area (Å²) in [4.78, 5) is 9.30. The van der Waals surface area contributed by atoms with Gasteiger partial charge in [-0.2, -0.15) is 0 Å². The molecule has 2 aromatic carbocycles. The quantitative estimate of drug-likeness (QED) is 0.679. The van der Waals surface area contributed by atoms with Crippen LogP contribution in [0.3, 0.4) is 0 Å². The van der Waals surface area contributed by atoms with Crippen molar-refractivity contribution < 1.29 is 4.39 Å². The lowest BCUT2D eigenvalue weighted by molar-refractivity contribution is 0.137. The Morgan fingerprint density at radius 1 is 0.889 bits per heavy atom. The minimum atomic E-state index is -0.197. The molecule has 0 amide bonds. The van der Waals surface area contributed by atoms with E-state index in [1.165, 1.54) is 5.56 Å². The molecule has 0 bridgehead atoms.